The summed E-state index contributed by atoms with van der Waals surface area (Å²) in [4.78, 5) is 43.3. The number of benzene rings is 4. The topological polar surface area (TPSA) is 133 Å². The second-order valence-corrected chi connectivity index (χ2v) is 17.2. The molecule has 302 valence electrons. The zero-order valence-electron chi connectivity index (χ0n) is 33.2. The van der Waals surface area contributed by atoms with E-state index in [9.17, 15) is 14.9 Å². The Morgan fingerprint density at radius 3 is 2.05 bits per heavy atom. The number of halogens is 3. The zero-order valence-corrected chi connectivity index (χ0v) is 34.8. The van der Waals surface area contributed by atoms with E-state index in [1.807, 2.05) is 65.6 Å². The van der Waals surface area contributed by atoms with Gasteiger partial charge in [0.2, 0.25) is 0 Å². The molecule has 11 nitrogen and oxygen atoms in total. The number of hydrogen-bond donors (Lipinski definition) is 1. The van der Waals surface area contributed by atoms with E-state index < -0.39 is 35.0 Å². The van der Waals surface area contributed by atoms with E-state index in [0.717, 1.165) is 22.5 Å². The highest BCUT2D eigenvalue weighted by molar-refractivity contribution is 7.22. The van der Waals surface area contributed by atoms with Crippen LogP contribution < -0.4 is 10.2 Å². The van der Waals surface area contributed by atoms with E-state index in [-0.39, 0.29) is 80.0 Å². The predicted molar refractivity (Wildman–Crippen MR) is 228 cm³/mol. The number of fused-ring (bicyclic) bond motifs is 2. The minimum absolute atomic E-state index is 0.0356. The van der Waals surface area contributed by atoms with Crippen molar-refractivity contribution >= 4 is 78.6 Å². The summed E-state index contributed by atoms with van der Waals surface area (Å²) in [7, 11) is 0. The molecule has 15 heteroatoms. The molecule has 0 radical (unpaired) electrons. The molecule has 0 saturated carbocycles. The molecule has 3 heterocycles. The molecule has 0 bridgehead atoms. The molecule has 1 N–H and O–H groups in total. The minimum atomic E-state index is -0.856. The molecule has 2 amide bonds. The van der Waals surface area contributed by atoms with Crippen LogP contribution in [0.25, 0.3) is 32.2 Å². The van der Waals surface area contributed by atoms with Crippen LogP contribution >= 0.6 is 22.9 Å². The lowest BCUT2D eigenvalue weighted by molar-refractivity contribution is 0.0240. The Morgan fingerprint density at radius 2 is 1.47 bits per heavy atom. The van der Waals surface area contributed by atoms with Crippen LogP contribution in [0.5, 0.6) is 0 Å². The quantitative estimate of drug-likeness (QED) is 0.164. The van der Waals surface area contributed by atoms with Crippen molar-refractivity contribution in [3.05, 3.63) is 112 Å². The number of hydrogen-bond acceptors (Lipinski definition) is 10. The van der Waals surface area contributed by atoms with Crippen LogP contribution in [0, 0.1) is 23.0 Å². The molecular formula is C44H40ClF2N7O4S. The number of piperazine rings is 1. The van der Waals surface area contributed by atoms with Crippen molar-refractivity contribution in [3.8, 4) is 17.2 Å². The van der Waals surface area contributed by atoms with Gasteiger partial charge in [-0.25, -0.2) is 33.3 Å². The number of rotatable bonds is 6. The van der Waals surface area contributed by atoms with Crippen molar-refractivity contribution in [3.63, 3.8) is 0 Å². The standard InChI is InChI=1S/C44H40ClF2N7O4S/c1-43(2,3)57-41(55)52-40-51-36-27(17-18-31(46)38(36)59-40)32-30(45)23-28-35(33(32)47)50-39(49-34(25-13-9-7-10-14-25)26-15-11-8-12-16-26)29(24-48)37(28)53-19-21-54(22-20-53)42(56)58-44(4,5)6/h7-18,23H,19-22H2,1-6H3,(H,51,52,55). The van der Waals surface area contributed by atoms with E-state index in [2.05, 4.69) is 16.4 Å². The van der Waals surface area contributed by atoms with Crippen molar-refractivity contribution in [2.24, 2.45) is 4.99 Å². The van der Waals surface area contributed by atoms with Crippen molar-refractivity contribution in [2.75, 3.05) is 36.4 Å². The lowest BCUT2D eigenvalue weighted by Gasteiger charge is -2.37. The maximum Gasteiger partial charge on any atom is 0.413 e. The first-order chi connectivity index (χ1) is 28.0. The van der Waals surface area contributed by atoms with E-state index in [4.69, 9.17) is 31.1 Å². The van der Waals surface area contributed by atoms with Gasteiger partial charge in [-0.3, -0.25) is 5.32 Å². The lowest BCUT2D eigenvalue weighted by atomic mass is 9.98. The average molecular weight is 836 g/mol. The first kappa shape index (κ1) is 41.0. The summed E-state index contributed by atoms with van der Waals surface area (Å²) in [5, 5.41) is 13.6. The molecular weight excluding hydrogens is 796 g/mol. The number of thiazole rings is 1. The second kappa shape index (κ2) is 16.2. The van der Waals surface area contributed by atoms with Gasteiger partial charge < -0.3 is 19.3 Å². The number of carbonyl (C=O) groups is 2. The highest BCUT2D eigenvalue weighted by atomic mass is 35.5. The average Bonchev–Trinajstić information content (AvgIpc) is 3.61. The molecule has 4 aromatic carbocycles. The van der Waals surface area contributed by atoms with Gasteiger partial charge in [0.1, 0.15) is 34.2 Å². The third-order valence-electron chi connectivity index (χ3n) is 9.17. The third kappa shape index (κ3) is 8.81. The Kier molecular flexibility index (Phi) is 11.3. The van der Waals surface area contributed by atoms with Crippen molar-refractivity contribution in [2.45, 2.75) is 52.7 Å². The van der Waals surface area contributed by atoms with Gasteiger partial charge in [-0.05, 0) is 59.7 Å². The Bertz CT molecular complexity index is 2620. The fourth-order valence-electron chi connectivity index (χ4n) is 6.71. The Morgan fingerprint density at radius 1 is 0.864 bits per heavy atom. The molecule has 0 atom stereocenters. The van der Waals surface area contributed by atoms with Crippen LogP contribution in [0.4, 0.5) is 35.0 Å². The summed E-state index contributed by atoms with van der Waals surface area (Å²) in [5.41, 5.74) is 0.855. The molecule has 1 saturated heterocycles. The minimum Gasteiger partial charge on any atom is -0.444 e. The van der Waals surface area contributed by atoms with Crippen molar-refractivity contribution < 1.29 is 27.8 Å². The molecule has 59 heavy (non-hydrogen) atoms. The van der Waals surface area contributed by atoms with Gasteiger partial charge in [-0.2, -0.15) is 5.26 Å². The van der Waals surface area contributed by atoms with Crippen LogP contribution in [0.2, 0.25) is 5.02 Å². The maximum atomic E-state index is 17.5. The zero-order chi connectivity index (χ0) is 42.2. The Labute approximate surface area is 348 Å². The summed E-state index contributed by atoms with van der Waals surface area (Å²) in [6.45, 7) is 11.6. The number of nitriles is 1. The van der Waals surface area contributed by atoms with E-state index >= 15 is 8.78 Å². The van der Waals surface area contributed by atoms with Gasteiger partial charge in [0.25, 0.3) is 0 Å². The lowest BCUT2D eigenvalue weighted by Crippen LogP contribution is -2.50. The normalized spacial score (nSPS) is 13.3. The van der Waals surface area contributed by atoms with Crippen LogP contribution in [-0.4, -0.2) is 70.1 Å². The van der Waals surface area contributed by atoms with E-state index in [0.29, 0.717) is 11.4 Å². The molecule has 1 fully saturated rings. The van der Waals surface area contributed by atoms with Crippen LogP contribution in [0.3, 0.4) is 0 Å². The highest BCUT2D eigenvalue weighted by Crippen LogP contribution is 2.45. The summed E-state index contributed by atoms with van der Waals surface area (Å²) in [5.74, 6) is -1.53. The molecule has 0 unspecified atom stereocenters. The fourth-order valence-corrected chi connectivity index (χ4v) is 7.89. The molecule has 7 rings (SSSR count). The van der Waals surface area contributed by atoms with Crippen molar-refractivity contribution in [1.82, 2.24) is 14.9 Å². The van der Waals surface area contributed by atoms with E-state index in [1.165, 1.54) is 18.2 Å². The van der Waals surface area contributed by atoms with Crippen LogP contribution in [0.15, 0.2) is 83.9 Å². The first-order valence-electron chi connectivity index (χ1n) is 18.8. The fraction of sp³-hybridized carbons (Fsp3) is 0.273. The Balaban J connectivity index is 1.43. The molecule has 1 aliphatic rings. The maximum absolute atomic E-state index is 17.5. The van der Waals surface area contributed by atoms with Gasteiger partial charge in [-0.1, -0.05) is 83.6 Å². The van der Waals surface area contributed by atoms with Gasteiger partial charge >= 0.3 is 12.2 Å². The third-order valence-corrected chi connectivity index (χ3v) is 10.4. The van der Waals surface area contributed by atoms with Gasteiger partial charge in [-0.15, -0.1) is 0 Å². The molecule has 0 spiro atoms. The van der Waals surface area contributed by atoms with Gasteiger partial charge in [0, 0.05) is 53.8 Å². The molecule has 0 aliphatic carbocycles. The summed E-state index contributed by atoms with van der Waals surface area (Å²) < 4.78 is 43.9. The van der Waals surface area contributed by atoms with Crippen LogP contribution in [0.1, 0.15) is 58.2 Å². The molecule has 6 aromatic rings. The summed E-state index contributed by atoms with van der Waals surface area (Å²) in [6, 6.07) is 25.1. The SMILES string of the molecule is CC(C)(C)OC(=O)Nc1nc2c(-c3c(Cl)cc4c(N5CCN(C(=O)OC(C)(C)C)CC5)c(C#N)c(N=C(c5ccccc5)c5ccccc5)nc4c3F)ccc(F)c2s1. The van der Waals surface area contributed by atoms with Gasteiger partial charge in [0.05, 0.1) is 26.6 Å². The Hall–Kier alpha value is -6.17. The summed E-state index contributed by atoms with van der Waals surface area (Å²) >= 11 is 7.85. The number of aromatic nitrogens is 2. The number of anilines is 2. The highest BCUT2D eigenvalue weighted by Gasteiger charge is 2.31. The molecule has 1 aliphatic heterocycles. The van der Waals surface area contributed by atoms with Gasteiger partial charge in [0.15, 0.2) is 16.8 Å². The van der Waals surface area contributed by atoms with Crippen LogP contribution in [-0.2, 0) is 9.47 Å². The number of aliphatic imine (C=N–C) groups is 1. The number of nitrogens with zero attached hydrogens (tertiary/aromatic N) is 6. The number of ether oxygens (including phenoxy) is 2. The number of pyridine rings is 1. The molecule has 2 aromatic heterocycles. The number of nitrogens with one attached hydrogen (secondary N) is 1. The smallest absolute Gasteiger partial charge is 0.413 e. The second-order valence-electron chi connectivity index (χ2n) is 15.8. The first-order valence-corrected chi connectivity index (χ1v) is 20.0. The number of amides is 2. The summed E-state index contributed by atoms with van der Waals surface area (Å²) in [6.07, 6.45) is -1.25. The van der Waals surface area contributed by atoms with Crippen molar-refractivity contribution in [1.29, 1.82) is 5.26 Å². The monoisotopic (exact) mass is 835 g/mol. The number of carbonyl (C=O) groups excluding carboxylic acids is 2. The van der Waals surface area contributed by atoms with E-state index in [1.54, 1.807) is 46.4 Å². The predicted octanol–water partition coefficient (Wildman–Crippen LogP) is 10.9. The largest absolute Gasteiger partial charge is 0.444 e.